The number of benzene rings is 1. The molecule has 0 bridgehead atoms. The van der Waals surface area contributed by atoms with Crippen LogP contribution in [0, 0.1) is 6.92 Å². The standard InChI is InChI=1S/C18H14F3N3O2S/c1-10-7-13(9-24(2)17(10)26)23-15(25)14-8-22-16(27-14)11-3-5-12(6-4-11)18(19,20)21/h3-9H,1-2H3,(H,23,25). The monoisotopic (exact) mass is 393 g/mol. The van der Waals surface area contributed by atoms with Gasteiger partial charge in [0.2, 0.25) is 0 Å². The van der Waals surface area contributed by atoms with E-state index in [1.54, 1.807) is 20.0 Å². The van der Waals surface area contributed by atoms with E-state index in [1.165, 1.54) is 29.1 Å². The van der Waals surface area contributed by atoms with Crippen LogP contribution in [0.2, 0.25) is 0 Å². The number of halogens is 3. The fourth-order valence-corrected chi connectivity index (χ4v) is 3.27. The quantitative estimate of drug-likeness (QED) is 0.729. The van der Waals surface area contributed by atoms with Crippen LogP contribution in [0.1, 0.15) is 20.8 Å². The van der Waals surface area contributed by atoms with Crippen molar-refractivity contribution < 1.29 is 18.0 Å². The van der Waals surface area contributed by atoms with Crippen molar-refractivity contribution in [1.82, 2.24) is 9.55 Å². The van der Waals surface area contributed by atoms with Gasteiger partial charge < -0.3 is 9.88 Å². The molecule has 9 heteroatoms. The summed E-state index contributed by atoms with van der Waals surface area (Å²) >= 11 is 1.07. The van der Waals surface area contributed by atoms with Crippen molar-refractivity contribution in [3.05, 3.63) is 69.1 Å². The molecule has 27 heavy (non-hydrogen) atoms. The van der Waals surface area contributed by atoms with Gasteiger partial charge in [0.05, 0.1) is 17.4 Å². The summed E-state index contributed by atoms with van der Waals surface area (Å²) in [6.45, 7) is 1.65. The zero-order valence-electron chi connectivity index (χ0n) is 14.3. The summed E-state index contributed by atoms with van der Waals surface area (Å²) in [6.07, 6.45) is -1.53. The van der Waals surface area contributed by atoms with Crippen LogP contribution < -0.4 is 10.9 Å². The van der Waals surface area contributed by atoms with Gasteiger partial charge in [0.25, 0.3) is 11.5 Å². The van der Waals surface area contributed by atoms with E-state index in [2.05, 4.69) is 10.3 Å². The zero-order chi connectivity index (χ0) is 19.8. The van der Waals surface area contributed by atoms with Gasteiger partial charge in [0, 0.05) is 24.4 Å². The molecule has 0 atom stereocenters. The maximum atomic E-state index is 12.6. The second-order valence-electron chi connectivity index (χ2n) is 5.89. The number of aromatic nitrogens is 2. The lowest BCUT2D eigenvalue weighted by Crippen LogP contribution is -2.20. The fraction of sp³-hybridized carbons (Fsp3) is 0.167. The van der Waals surface area contributed by atoms with Crippen molar-refractivity contribution in [1.29, 1.82) is 0 Å². The first-order valence-electron chi connectivity index (χ1n) is 7.77. The van der Waals surface area contributed by atoms with E-state index in [0.717, 1.165) is 23.5 Å². The number of nitrogens with one attached hydrogen (secondary N) is 1. The van der Waals surface area contributed by atoms with Crippen LogP contribution >= 0.6 is 11.3 Å². The van der Waals surface area contributed by atoms with Crippen molar-refractivity contribution in [2.45, 2.75) is 13.1 Å². The van der Waals surface area contributed by atoms with Crippen molar-refractivity contribution in [3.63, 3.8) is 0 Å². The molecule has 1 amide bonds. The first-order chi connectivity index (χ1) is 12.6. The largest absolute Gasteiger partial charge is 0.416 e. The number of amides is 1. The summed E-state index contributed by atoms with van der Waals surface area (Å²) in [5.41, 5.74) is 0.542. The highest BCUT2D eigenvalue weighted by atomic mass is 32.1. The predicted octanol–water partition coefficient (Wildman–Crippen LogP) is 4.09. The van der Waals surface area contributed by atoms with Crippen LogP contribution in [0.25, 0.3) is 10.6 Å². The first kappa shape index (κ1) is 18.8. The van der Waals surface area contributed by atoms with E-state index in [4.69, 9.17) is 0 Å². The Morgan fingerprint density at radius 3 is 2.48 bits per heavy atom. The molecule has 2 aromatic heterocycles. The molecule has 0 radical (unpaired) electrons. The van der Waals surface area contributed by atoms with E-state index < -0.39 is 17.6 Å². The fourth-order valence-electron chi connectivity index (χ4n) is 2.45. The minimum absolute atomic E-state index is 0.157. The summed E-state index contributed by atoms with van der Waals surface area (Å²) in [5.74, 6) is -0.413. The molecule has 0 aliphatic carbocycles. The molecule has 1 aromatic carbocycles. The van der Waals surface area contributed by atoms with Gasteiger partial charge >= 0.3 is 6.18 Å². The zero-order valence-corrected chi connectivity index (χ0v) is 15.1. The second-order valence-corrected chi connectivity index (χ2v) is 6.92. The Morgan fingerprint density at radius 2 is 1.89 bits per heavy atom. The Morgan fingerprint density at radius 1 is 1.22 bits per heavy atom. The number of pyridine rings is 1. The molecular weight excluding hydrogens is 379 g/mol. The summed E-state index contributed by atoms with van der Waals surface area (Å²) in [7, 11) is 1.58. The van der Waals surface area contributed by atoms with E-state index in [0.29, 0.717) is 26.7 Å². The van der Waals surface area contributed by atoms with Crippen LogP contribution in [0.15, 0.2) is 47.5 Å². The van der Waals surface area contributed by atoms with Crippen LogP contribution in [0.4, 0.5) is 18.9 Å². The Labute approximate surface area is 156 Å². The SMILES string of the molecule is Cc1cc(NC(=O)c2cnc(-c3ccc(C(F)(F)F)cc3)s2)cn(C)c1=O. The van der Waals surface area contributed by atoms with E-state index in [1.807, 2.05) is 0 Å². The summed E-state index contributed by atoms with van der Waals surface area (Å²) < 4.78 is 39.3. The smallest absolute Gasteiger partial charge is 0.320 e. The summed E-state index contributed by atoms with van der Waals surface area (Å²) in [5, 5.41) is 3.12. The number of anilines is 1. The van der Waals surface area contributed by atoms with Gasteiger partial charge in [-0.15, -0.1) is 11.3 Å². The average molecular weight is 393 g/mol. The molecule has 0 saturated carbocycles. The van der Waals surface area contributed by atoms with Crippen LogP contribution in [0.5, 0.6) is 0 Å². The average Bonchev–Trinajstić information content (AvgIpc) is 3.09. The molecule has 0 unspecified atom stereocenters. The molecule has 140 valence electrons. The number of hydrogen-bond donors (Lipinski definition) is 1. The number of rotatable bonds is 3. The molecule has 3 rings (SSSR count). The van der Waals surface area contributed by atoms with Crippen molar-refractivity contribution in [2.24, 2.45) is 7.05 Å². The van der Waals surface area contributed by atoms with Gasteiger partial charge in [-0.25, -0.2) is 4.98 Å². The highest BCUT2D eigenvalue weighted by Gasteiger charge is 2.30. The normalized spacial score (nSPS) is 11.4. The summed E-state index contributed by atoms with van der Waals surface area (Å²) in [4.78, 5) is 28.5. The molecule has 1 N–H and O–H groups in total. The maximum absolute atomic E-state index is 12.6. The third-order valence-corrected chi connectivity index (χ3v) is 4.85. The van der Waals surface area contributed by atoms with Crippen LogP contribution in [0.3, 0.4) is 0 Å². The maximum Gasteiger partial charge on any atom is 0.416 e. The molecule has 0 aliphatic rings. The van der Waals surface area contributed by atoms with Gasteiger partial charge in [-0.3, -0.25) is 9.59 Å². The van der Waals surface area contributed by atoms with E-state index in [9.17, 15) is 22.8 Å². The lowest BCUT2D eigenvalue weighted by atomic mass is 10.1. The minimum Gasteiger partial charge on any atom is -0.320 e. The number of carbonyl (C=O) groups excluding carboxylic acids is 1. The lowest BCUT2D eigenvalue weighted by molar-refractivity contribution is -0.137. The third-order valence-electron chi connectivity index (χ3n) is 3.81. The number of thiazole rings is 1. The predicted molar refractivity (Wildman–Crippen MR) is 96.9 cm³/mol. The lowest BCUT2D eigenvalue weighted by Gasteiger charge is -2.07. The van der Waals surface area contributed by atoms with Gasteiger partial charge in [0.15, 0.2) is 0 Å². The number of aryl methyl sites for hydroxylation is 2. The van der Waals surface area contributed by atoms with E-state index in [-0.39, 0.29) is 5.56 Å². The molecule has 2 heterocycles. The van der Waals surface area contributed by atoms with Gasteiger partial charge in [-0.1, -0.05) is 12.1 Å². The molecule has 0 saturated heterocycles. The van der Waals surface area contributed by atoms with Crippen molar-refractivity contribution >= 4 is 22.9 Å². The Balaban J connectivity index is 1.79. The van der Waals surface area contributed by atoms with Gasteiger partial charge in [0.1, 0.15) is 9.88 Å². The van der Waals surface area contributed by atoms with Crippen LogP contribution in [-0.2, 0) is 13.2 Å². The minimum atomic E-state index is -4.40. The number of carbonyl (C=O) groups is 1. The molecule has 0 aliphatic heterocycles. The molecule has 0 spiro atoms. The van der Waals surface area contributed by atoms with Gasteiger partial charge in [-0.05, 0) is 25.1 Å². The Bertz CT molecular complexity index is 1030. The molecule has 0 fully saturated rings. The molecular formula is C18H14F3N3O2S. The third kappa shape index (κ3) is 4.08. The highest BCUT2D eigenvalue weighted by Crippen LogP contribution is 2.32. The number of nitrogens with zero attached hydrogens (tertiary/aromatic N) is 2. The Kier molecular flexibility index (Phi) is 4.88. The topological polar surface area (TPSA) is 64.0 Å². The van der Waals surface area contributed by atoms with Crippen molar-refractivity contribution in [2.75, 3.05) is 5.32 Å². The molecule has 3 aromatic rings. The first-order valence-corrected chi connectivity index (χ1v) is 8.59. The van der Waals surface area contributed by atoms with Crippen molar-refractivity contribution in [3.8, 4) is 10.6 Å². The molecule has 5 nitrogen and oxygen atoms in total. The number of alkyl halides is 3. The summed E-state index contributed by atoms with van der Waals surface area (Å²) in [6, 6.07) is 6.16. The van der Waals surface area contributed by atoms with Gasteiger partial charge in [-0.2, -0.15) is 13.2 Å². The second kappa shape index (κ2) is 6.99. The van der Waals surface area contributed by atoms with Crippen LogP contribution in [-0.4, -0.2) is 15.5 Å². The van der Waals surface area contributed by atoms with E-state index >= 15 is 0 Å². The number of hydrogen-bond acceptors (Lipinski definition) is 4. The highest BCUT2D eigenvalue weighted by molar-refractivity contribution is 7.17. The Hall–Kier alpha value is -2.94.